The van der Waals surface area contributed by atoms with E-state index in [1.54, 1.807) is 0 Å². The highest BCUT2D eigenvalue weighted by Crippen LogP contribution is 2.14. The molecule has 0 aliphatic carbocycles. The smallest absolute Gasteiger partial charge is 0.191 e. The summed E-state index contributed by atoms with van der Waals surface area (Å²) in [5, 5.41) is 0. The van der Waals surface area contributed by atoms with Gasteiger partial charge in [-0.1, -0.05) is 12.1 Å². The number of ether oxygens (including phenoxy) is 1. The largest absolute Gasteiger partial charge is 0.489 e. The van der Waals surface area contributed by atoms with Crippen molar-refractivity contribution in [3.8, 4) is 5.75 Å². The second-order valence-corrected chi connectivity index (χ2v) is 6.27. The van der Waals surface area contributed by atoms with Gasteiger partial charge < -0.3 is 15.4 Å². The Morgan fingerprint density at radius 1 is 1.43 bits per heavy atom. The molecule has 6 heteroatoms. The van der Waals surface area contributed by atoms with E-state index in [1.807, 2.05) is 36.9 Å². The van der Waals surface area contributed by atoms with Gasteiger partial charge in [-0.25, -0.2) is 4.99 Å². The fourth-order valence-electron chi connectivity index (χ4n) is 2.07. The summed E-state index contributed by atoms with van der Waals surface area (Å²) >= 11 is 1.97. The maximum absolute atomic E-state index is 6.03. The van der Waals surface area contributed by atoms with E-state index in [-0.39, 0.29) is 30.1 Å². The van der Waals surface area contributed by atoms with Gasteiger partial charge in [0.1, 0.15) is 11.9 Å². The molecule has 1 aliphatic heterocycles. The molecule has 1 aliphatic rings. The van der Waals surface area contributed by atoms with Crippen LogP contribution < -0.4 is 10.5 Å². The Hall–Kier alpha value is -0.630. The number of hydrogen-bond acceptors (Lipinski definition) is 3. The Morgan fingerprint density at radius 3 is 2.81 bits per heavy atom. The van der Waals surface area contributed by atoms with Crippen LogP contribution in [0, 0.1) is 6.92 Å². The van der Waals surface area contributed by atoms with Gasteiger partial charge in [-0.05, 0) is 31.5 Å². The van der Waals surface area contributed by atoms with E-state index in [0.717, 1.165) is 30.3 Å². The lowest BCUT2D eigenvalue weighted by molar-refractivity contribution is 0.229. The molecule has 0 bridgehead atoms. The Morgan fingerprint density at radius 2 is 2.14 bits per heavy atom. The zero-order valence-electron chi connectivity index (χ0n) is 12.6. The van der Waals surface area contributed by atoms with E-state index in [1.165, 1.54) is 5.56 Å². The number of nitrogens with two attached hydrogens (primary N) is 1. The van der Waals surface area contributed by atoms with E-state index in [0.29, 0.717) is 12.5 Å². The predicted molar refractivity (Wildman–Crippen MR) is 102 cm³/mol. The van der Waals surface area contributed by atoms with Crippen molar-refractivity contribution in [3.63, 3.8) is 0 Å². The van der Waals surface area contributed by atoms with Gasteiger partial charge in [0.05, 0.1) is 6.54 Å². The summed E-state index contributed by atoms with van der Waals surface area (Å²) in [6, 6.07) is 8.06. The SMILES string of the molecule is Cc1cccc(OC(C)CN=C(N)N2CCSCC2)c1.I. The lowest BCUT2D eigenvalue weighted by Crippen LogP contribution is -2.43. The normalized spacial score (nSPS) is 17.0. The third kappa shape index (κ3) is 6.34. The molecule has 0 aromatic heterocycles. The highest BCUT2D eigenvalue weighted by molar-refractivity contribution is 14.0. The number of halogens is 1. The molecule has 1 atom stereocenters. The lowest BCUT2D eigenvalue weighted by Gasteiger charge is -2.27. The first-order valence-corrected chi connectivity index (χ1v) is 8.16. The molecule has 0 spiro atoms. The topological polar surface area (TPSA) is 50.9 Å². The van der Waals surface area contributed by atoms with Crippen molar-refractivity contribution >= 4 is 41.7 Å². The molecule has 118 valence electrons. The van der Waals surface area contributed by atoms with Crippen LogP contribution in [-0.4, -0.2) is 48.1 Å². The van der Waals surface area contributed by atoms with Crippen molar-refractivity contribution in [3.05, 3.63) is 29.8 Å². The molecular formula is C15H24IN3OS. The highest BCUT2D eigenvalue weighted by Gasteiger charge is 2.12. The summed E-state index contributed by atoms with van der Waals surface area (Å²) < 4.78 is 5.85. The van der Waals surface area contributed by atoms with Crippen molar-refractivity contribution in [2.45, 2.75) is 20.0 Å². The molecule has 2 rings (SSSR count). The molecule has 0 amide bonds. The number of aliphatic imine (C=N–C) groups is 1. The van der Waals surface area contributed by atoms with Crippen molar-refractivity contribution in [2.24, 2.45) is 10.7 Å². The molecule has 1 aromatic carbocycles. The van der Waals surface area contributed by atoms with Crippen molar-refractivity contribution in [2.75, 3.05) is 31.1 Å². The second-order valence-electron chi connectivity index (χ2n) is 5.04. The minimum absolute atomic E-state index is 0. The standard InChI is InChI=1S/C15H23N3OS.HI/c1-12-4-3-5-14(10-12)19-13(2)11-17-15(16)18-6-8-20-9-7-18;/h3-5,10,13H,6-9,11H2,1-2H3,(H2,16,17);1H. The maximum Gasteiger partial charge on any atom is 0.191 e. The zero-order chi connectivity index (χ0) is 14.4. The molecular weight excluding hydrogens is 397 g/mol. The summed E-state index contributed by atoms with van der Waals surface area (Å²) in [6.45, 7) is 6.65. The van der Waals surface area contributed by atoms with Crippen LogP contribution in [0.1, 0.15) is 12.5 Å². The average molecular weight is 421 g/mol. The fraction of sp³-hybridized carbons (Fsp3) is 0.533. The molecule has 4 nitrogen and oxygen atoms in total. The van der Waals surface area contributed by atoms with E-state index < -0.39 is 0 Å². The van der Waals surface area contributed by atoms with Crippen molar-refractivity contribution < 1.29 is 4.74 Å². The molecule has 21 heavy (non-hydrogen) atoms. The Bertz CT molecular complexity index is 464. The number of rotatable bonds is 4. The number of hydrogen-bond donors (Lipinski definition) is 1. The van der Waals surface area contributed by atoms with E-state index in [9.17, 15) is 0 Å². The van der Waals surface area contributed by atoms with Gasteiger partial charge in [0.25, 0.3) is 0 Å². The molecule has 2 N–H and O–H groups in total. The molecule has 0 radical (unpaired) electrons. The summed E-state index contributed by atoms with van der Waals surface area (Å²) in [5.74, 6) is 3.79. The first-order chi connectivity index (χ1) is 9.65. The Labute approximate surface area is 148 Å². The van der Waals surface area contributed by atoms with Crippen LogP contribution in [0.15, 0.2) is 29.3 Å². The number of guanidine groups is 1. The van der Waals surface area contributed by atoms with Gasteiger partial charge in [0, 0.05) is 24.6 Å². The molecule has 1 heterocycles. The van der Waals surface area contributed by atoms with Crippen LogP contribution >= 0.6 is 35.7 Å². The maximum atomic E-state index is 6.03. The highest BCUT2D eigenvalue weighted by atomic mass is 127. The van der Waals surface area contributed by atoms with Crippen LogP contribution in [-0.2, 0) is 0 Å². The van der Waals surface area contributed by atoms with Crippen molar-refractivity contribution in [1.29, 1.82) is 0 Å². The number of aryl methyl sites for hydroxylation is 1. The number of thioether (sulfide) groups is 1. The summed E-state index contributed by atoms with van der Waals surface area (Å²) in [5.41, 5.74) is 7.22. The molecule has 1 fully saturated rings. The fourth-order valence-corrected chi connectivity index (χ4v) is 2.98. The summed E-state index contributed by atoms with van der Waals surface area (Å²) in [7, 11) is 0. The average Bonchev–Trinajstić information content (AvgIpc) is 2.46. The van der Waals surface area contributed by atoms with Gasteiger partial charge in [-0.15, -0.1) is 24.0 Å². The monoisotopic (exact) mass is 421 g/mol. The van der Waals surface area contributed by atoms with Crippen LogP contribution in [0.25, 0.3) is 0 Å². The molecule has 1 unspecified atom stereocenters. The van der Waals surface area contributed by atoms with Crippen LogP contribution in [0.4, 0.5) is 0 Å². The summed E-state index contributed by atoms with van der Waals surface area (Å²) in [4.78, 5) is 6.60. The van der Waals surface area contributed by atoms with Crippen LogP contribution in [0.2, 0.25) is 0 Å². The van der Waals surface area contributed by atoms with E-state index in [4.69, 9.17) is 10.5 Å². The van der Waals surface area contributed by atoms with E-state index >= 15 is 0 Å². The first-order valence-electron chi connectivity index (χ1n) is 7.01. The van der Waals surface area contributed by atoms with Gasteiger partial charge in [-0.2, -0.15) is 11.8 Å². The predicted octanol–water partition coefficient (Wildman–Crippen LogP) is 2.74. The Kier molecular flexibility index (Phi) is 8.24. The first kappa shape index (κ1) is 18.4. The van der Waals surface area contributed by atoms with Gasteiger partial charge in [0.2, 0.25) is 0 Å². The molecule has 1 saturated heterocycles. The zero-order valence-corrected chi connectivity index (χ0v) is 15.8. The number of nitrogens with zero attached hydrogens (tertiary/aromatic N) is 2. The van der Waals surface area contributed by atoms with Gasteiger partial charge >= 0.3 is 0 Å². The summed E-state index contributed by atoms with van der Waals surface area (Å²) in [6.07, 6.45) is 0.0227. The lowest BCUT2D eigenvalue weighted by atomic mass is 10.2. The quantitative estimate of drug-likeness (QED) is 0.462. The minimum Gasteiger partial charge on any atom is -0.489 e. The van der Waals surface area contributed by atoms with Crippen molar-refractivity contribution in [1.82, 2.24) is 4.90 Å². The van der Waals surface area contributed by atoms with Crippen LogP contribution in [0.5, 0.6) is 5.75 Å². The molecule has 0 saturated carbocycles. The minimum atomic E-state index is 0. The second kappa shape index (κ2) is 9.40. The van der Waals surface area contributed by atoms with Gasteiger partial charge in [0.15, 0.2) is 5.96 Å². The molecule has 1 aromatic rings. The Balaban J connectivity index is 0.00000220. The third-order valence-corrected chi connectivity index (χ3v) is 4.11. The van der Waals surface area contributed by atoms with Crippen LogP contribution in [0.3, 0.4) is 0 Å². The van der Waals surface area contributed by atoms with Gasteiger partial charge in [-0.3, -0.25) is 0 Å². The number of benzene rings is 1. The van der Waals surface area contributed by atoms with E-state index in [2.05, 4.69) is 22.9 Å². The third-order valence-electron chi connectivity index (χ3n) is 3.17.